The molecule has 138 valence electrons. The molecular weight excluding hydrogens is 340 g/mol. The molecule has 1 aromatic rings. The highest BCUT2D eigenvalue weighted by molar-refractivity contribution is 7.89. The molecule has 1 aromatic carbocycles. The largest absolute Gasteiger partial charge is 0.486 e. The molecule has 0 radical (unpaired) electrons. The summed E-state index contributed by atoms with van der Waals surface area (Å²) in [7, 11) is -3.12. The Morgan fingerprint density at radius 3 is 2.40 bits per heavy atom. The predicted molar refractivity (Wildman–Crippen MR) is 95.4 cm³/mol. The summed E-state index contributed by atoms with van der Waals surface area (Å²) in [6.07, 6.45) is 2.08. The van der Waals surface area contributed by atoms with Gasteiger partial charge in [-0.3, -0.25) is 4.90 Å². The number of fused-ring (bicyclic) bond motifs is 1. The van der Waals surface area contributed by atoms with Gasteiger partial charge in [0, 0.05) is 32.7 Å². The van der Waals surface area contributed by atoms with Gasteiger partial charge in [0.2, 0.25) is 10.0 Å². The maximum Gasteiger partial charge on any atom is 0.214 e. The molecule has 7 heteroatoms. The third kappa shape index (κ3) is 3.93. The summed E-state index contributed by atoms with van der Waals surface area (Å²) in [6.45, 7) is 6.78. The van der Waals surface area contributed by atoms with Gasteiger partial charge in [0.15, 0.2) is 11.5 Å². The van der Waals surface area contributed by atoms with Crippen molar-refractivity contribution in [1.29, 1.82) is 0 Å². The van der Waals surface area contributed by atoms with Gasteiger partial charge in [-0.15, -0.1) is 0 Å². The van der Waals surface area contributed by atoms with Crippen LogP contribution in [-0.4, -0.2) is 62.8 Å². The predicted octanol–water partition coefficient (Wildman–Crippen LogP) is 1.71. The summed E-state index contributed by atoms with van der Waals surface area (Å²) in [6, 6.07) is 6.05. The van der Waals surface area contributed by atoms with Crippen LogP contribution in [0.2, 0.25) is 0 Å². The second-order valence-corrected chi connectivity index (χ2v) is 9.69. The smallest absolute Gasteiger partial charge is 0.214 e. The first-order valence-corrected chi connectivity index (χ1v) is 10.6. The standard InChI is InChI=1S/C18H26N2O4S/c1-18(4-5-18)14-25(21,22)20-8-6-19(7-9-20)13-15-2-3-16-17(12-15)24-11-10-23-16/h2-3,12H,4-11,13-14H2,1H3. The minimum absolute atomic E-state index is 0.0289. The average Bonchev–Trinajstić information content (AvgIpc) is 3.31. The molecule has 1 aliphatic carbocycles. The lowest BCUT2D eigenvalue weighted by Crippen LogP contribution is -2.49. The van der Waals surface area contributed by atoms with E-state index < -0.39 is 10.0 Å². The third-order valence-electron chi connectivity index (χ3n) is 5.37. The van der Waals surface area contributed by atoms with Gasteiger partial charge in [-0.2, -0.15) is 4.31 Å². The van der Waals surface area contributed by atoms with E-state index in [1.165, 1.54) is 5.56 Å². The zero-order valence-electron chi connectivity index (χ0n) is 14.7. The molecule has 0 amide bonds. The van der Waals surface area contributed by atoms with Crippen LogP contribution in [0.5, 0.6) is 11.5 Å². The van der Waals surface area contributed by atoms with Crippen molar-refractivity contribution in [3.63, 3.8) is 0 Å². The molecule has 4 rings (SSSR count). The molecule has 6 nitrogen and oxygen atoms in total. The van der Waals surface area contributed by atoms with Crippen LogP contribution in [0.15, 0.2) is 18.2 Å². The van der Waals surface area contributed by atoms with Crippen molar-refractivity contribution >= 4 is 10.0 Å². The van der Waals surface area contributed by atoms with Gasteiger partial charge in [-0.25, -0.2) is 8.42 Å². The lowest BCUT2D eigenvalue weighted by molar-refractivity contribution is 0.168. The number of sulfonamides is 1. The van der Waals surface area contributed by atoms with Gasteiger partial charge in [0.1, 0.15) is 13.2 Å². The van der Waals surface area contributed by atoms with Crippen molar-refractivity contribution in [3.05, 3.63) is 23.8 Å². The van der Waals surface area contributed by atoms with Gasteiger partial charge in [-0.05, 0) is 36.0 Å². The van der Waals surface area contributed by atoms with E-state index in [-0.39, 0.29) is 5.41 Å². The van der Waals surface area contributed by atoms with Crippen LogP contribution < -0.4 is 9.47 Å². The van der Waals surface area contributed by atoms with Crippen LogP contribution in [0.1, 0.15) is 25.3 Å². The number of benzene rings is 1. The zero-order valence-corrected chi connectivity index (χ0v) is 15.6. The number of piperazine rings is 1. The summed E-state index contributed by atoms with van der Waals surface area (Å²) in [5.74, 6) is 1.92. The van der Waals surface area contributed by atoms with E-state index in [2.05, 4.69) is 17.9 Å². The van der Waals surface area contributed by atoms with Gasteiger partial charge >= 0.3 is 0 Å². The van der Waals surface area contributed by atoms with Gasteiger partial charge in [-0.1, -0.05) is 13.0 Å². The van der Waals surface area contributed by atoms with Gasteiger partial charge in [0.25, 0.3) is 0 Å². The molecule has 0 bridgehead atoms. The molecule has 3 aliphatic rings. The molecule has 1 saturated carbocycles. The lowest BCUT2D eigenvalue weighted by Gasteiger charge is -2.34. The zero-order chi connectivity index (χ0) is 17.5. The van der Waals surface area contributed by atoms with Crippen molar-refractivity contribution in [2.24, 2.45) is 5.41 Å². The molecule has 1 saturated heterocycles. The monoisotopic (exact) mass is 366 g/mol. The van der Waals surface area contributed by atoms with Gasteiger partial charge < -0.3 is 9.47 Å². The molecule has 0 atom stereocenters. The Morgan fingerprint density at radius 2 is 1.72 bits per heavy atom. The number of hydrogen-bond acceptors (Lipinski definition) is 5. The fourth-order valence-corrected chi connectivity index (χ4v) is 5.57. The third-order valence-corrected chi connectivity index (χ3v) is 7.59. The number of ether oxygens (including phenoxy) is 2. The molecule has 2 fully saturated rings. The molecule has 25 heavy (non-hydrogen) atoms. The van der Waals surface area contributed by atoms with E-state index in [0.29, 0.717) is 32.1 Å². The number of nitrogens with zero attached hydrogens (tertiary/aromatic N) is 2. The van der Waals surface area contributed by atoms with Crippen molar-refractivity contribution in [1.82, 2.24) is 9.21 Å². The van der Waals surface area contributed by atoms with E-state index in [4.69, 9.17) is 9.47 Å². The fourth-order valence-electron chi connectivity index (χ4n) is 3.50. The number of rotatable bonds is 5. The SMILES string of the molecule is CC1(CS(=O)(=O)N2CCN(Cc3ccc4c(c3)OCCO4)CC2)CC1. The second-order valence-electron chi connectivity index (χ2n) is 7.72. The highest BCUT2D eigenvalue weighted by Gasteiger charge is 2.43. The van der Waals surface area contributed by atoms with E-state index in [9.17, 15) is 8.42 Å². The molecule has 2 heterocycles. The first-order chi connectivity index (χ1) is 11.9. The quantitative estimate of drug-likeness (QED) is 0.794. The molecule has 2 aliphatic heterocycles. The molecule has 0 N–H and O–H groups in total. The first-order valence-electron chi connectivity index (χ1n) is 9.02. The highest BCUT2D eigenvalue weighted by Crippen LogP contribution is 2.46. The maximum atomic E-state index is 12.5. The van der Waals surface area contributed by atoms with Crippen molar-refractivity contribution in [3.8, 4) is 11.5 Å². The normalized spacial score (nSPS) is 23.4. The van der Waals surface area contributed by atoms with Crippen LogP contribution in [0.3, 0.4) is 0 Å². The Kier molecular flexibility index (Phi) is 4.42. The fraction of sp³-hybridized carbons (Fsp3) is 0.667. The van der Waals surface area contributed by atoms with Crippen LogP contribution >= 0.6 is 0 Å². The molecule has 0 unspecified atom stereocenters. The highest BCUT2D eigenvalue weighted by atomic mass is 32.2. The molecular formula is C18H26N2O4S. The van der Waals surface area contributed by atoms with Crippen LogP contribution in [0.25, 0.3) is 0 Å². The first kappa shape index (κ1) is 17.1. The topological polar surface area (TPSA) is 59.1 Å². The Labute approximate surface area is 149 Å². The van der Waals surface area contributed by atoms with E-state index >= 15 is 0 Å². The Morgan fingerprint density at radius 1 is 1.04 bits per heavy atom. The minimum atomic E-state index is -3.12. The Bertz CT molecular complexity index is 737. The summed E-state index contributed by atoms with van der Waals surface area (Å²) < 4.78 is 38.0. The average molecular weight is 366 g/mol. The second kappa shape index (κ2) is 6.45. The van der Waals surface area contributed by atoms with E-state index in [1.807, 2.05) is 12.1 Å². The van der Waals surface area contributed by atoms with Crippen LogP contribution in [-0.2, 0) is 16.6 Å². The van der Waals surface area contributed by atoms with Crippen LogP contribution in [0, 0.1) is 5.41 Å². The van der Waals surface area contributed by atoms with Crippen molar-refractivity contribution in [2.45, 2.75) is 26.3 Å². The lowest BCUT2D eigenvalue weighted by atomic mass is 10.1. The minimum Gasteiger partial charge on any atom is -0.486 e. The van der Waals surface area contributed by atoms with Crippen LogP contribution in [0.4, 0.5) is 0 Å². The Balaban J connectivity index is 1.33. The summed E-state index contributed by atoms with van der Waals surface area (Å²) in [5, 5.41) is 0. The summed E-state index contributed by atoms with van der Waals surface area (Å²) >= 11 is 0. The number of hydrogen-bond donors (Lipinski definition) is 0. The van der Waals surface area contributed by atoms with Crippen molar-refractivity contribution in [2.75, 3.05) is 45.1 Å². The van der Waals surface area contributed by atoms with Gasteiger partial charge in [0.05, 0.1) is 5.75 Å². The molecule has 0 aromatic heterocycles. The molecule has 0 spiro atoms. The summed E-state index contributed by atoms with van der Waals surface area (Å²) in [5.41, 5.74) is 1.20. The van der Waals surface area contributed by atoms with E-state index in [0.717, 1.165) is 44.0 Å². The Hall–Kier alpha value is -1.31. The van der Waals surface area contributed by atoms with Crippen molar-refractivity contribution < 1.29 is 17.9 Å². The van der Waals surface area contributed by atoms with E-state index in [1.54, 1.807) is 4.31 Å². The maximum absolute atomic E-state index is 12.5. The summed E-state index contributed by atoms with van der Waals surface area (Å²) in [4.78, 5) is 2.30.